The third-order valence-electron chi connectivity index (χ3n) is 15.7. The second kappa shape index (κ2) is 21.9. The minimum absolute atomic E-state index is 0. The summed E-state index contributed by atoms with van der Waals surface area (Å²) in [7, 11) is 0. The van der Waals surface area contributed by atoms with Crippen LogP contribution in [-0.2, 0) is 20.1 Å². The molecule has 0 N–H and O–H groups in total. The summed E-state index contributed by atoms with van der Waals surface area (Å²) in [5.41, 5.74) is 23.4. The van der Waals surface area contributed by atoms with Gasteiger partial charge in [-0.05, 0) is 114 Å². The molecule has 0 aliphatic heterocycles. The van der Waals surface area contributed by atoms with Crippen molar-refractivity contribution >= 4 is 32.6 Å². The van der Waals surface area contributed by atoms with Crippen LogP contribution in [0.2, 0.25) is 0 Å². The molecule has 0 aliphatic carbocycles. The maximum atomic E-state index is 5.32. The number of nitrogens with zero attached hydrogens (tertiary/aromatic N) is 5. The van der Waals surface area contributed by atoms with Crippen LogP contribution in [0.15, 0.2) is 292 Å². The van der Waals surface area contributed by atoms with Gasteiger partial charge in [-0.2, -0.15) is 46.6 Å². The Morgan fingerprint density at radius 3 is 1.24 bits per heavy atom. The first kappa shape index (κ1) is 50.8. The van der Waals surface area contributed by atoms with Gasteiger partial charge in [0, 0.05) is 22.5 Å². The van der Waals surface area contributed by atoms with Crippen LogP contribution in [0.3, 0.4) is 0 Å². The fourth-order valence-corrected chi connectivity index (χ4v) is 11.7. The summed E-state index contributed by atoms with van der Waals surface area (Å²) in [4.78, 5) is 5.32. The van der Waals surface area contributed by atoms with E-state index >= 15 is 0 Å². The van der Waals surface area contributed by atoms with Gasteiger partial charge in [0.25, 0.3) is 0 Å². The van der Waals surface area contributed by atoms with Crippen molar-refractivity contribution < 1.29 is 20.1 Å². The average molecular weight is 1240 g/mol. The van der Waals surface area contributed by atoms with Gasteiger partial charge in [0.05, 0.1) is 23.4 Å². The fraction of sp³-hybridized carbons (Fsp3) is 0. The predicted octanol–water partition coefficient (Wildman–Crippen LogP) is 19.3. The van der Waals surface area contributed by atoms with Crippen LogP contribution in [0.4, 0.5) is 0 Å². The van der Waals surface area contributed by atoms with Crippen molar-refractivity contribution in [1.82, 2.24) is 24.5 Å². The molecule has 15 rings (SSSR count). The van der Waals surface area contributed by atoms with E-state index in [0.29, 0.717) is 0 Å². The number of hydrogen-bond acceptors (Lipinski definition) is 3. The Bertz CT molecular complexity index is 4670. The van der Waals surface area contributed by atoms with Crippen LogP contribution in [0.25, 0.3) is 144 Å². The second-order valence-electron chi connectivity index (χ2n) is 20.6. The van der Waals surface area contributed by atoms with Crippen molar-refractivity contribution in [2.75, 3.05) is 0 Å². The Balaban J connectivity index is 0.00000614. The summed E-state index contributed by atoms with van der Waals surface area (Å²) < 4.78 is 3.91. The number of aromatic nitrogens is 5. The standard InChI is InChI=1S/C77H48N5.Ir/c1-2-17-52(18-3-1)53-33-35-54(36-34-53)57-21-16-22-58(45-57)77-73-30-13-12-29-72(73)74(51-78-77)71-28-11-10-27-70(71)63-47-61(68-25-8-6-23-66(68)55-37-41-64(42-38-55)81-75-31-14-4-19-59(75)49-79-81)46-62(48-63)69-26-9-7-24-67(69)56-39-43-65(44-40-56)82-76-32-15-5-20-60(76)50-80-82;/h1-21,23-41,43,45-51H;/q-3;+3. The van der Waals surface area contributed by atoms with Crippen molar-refractivity contribution in [1.29, 1.82) is 0 Å². The molecule has 0 fully saturated rings. The summed E-state index contributed by atoms with van der Waals surface area (Å²) in [5.74, 6) is 0. The monoisotopic (exact) mass is 1240 g/mol. The van der Waals surface area contributed by atoms with Crippen molar-refractivity contribution in [3.63, 3.8) is 0 Å². The van der Waals surface area contributed by atoms with Crippen LogP contribution < -0.4 is 0 Å². The Hall–Kier alpha value is -10.4. The van der Waals surface area contributed by atoms with E-state index in [1.807, 2.05) is 52.1 Å². The molecule has 0 radical (unpaired) electrons. The zero-order valence-electron chi connectivity index (χ0n) is 44.8. The molecule has 5 nitrogen and oxygen atoms in total. The van der Waals surface area contributed by atoms with Crippen LogP contribution in [0, 0.1) is 18.2 Å². The second-order valence-corrected chi connectivity index (χ2v) is 20.6. The number of hydrogen-bond donors (Lipinski definition) is 0. The molecule has 0 spiro atoms. The number of fused-ring (bicyclic) bond motifs is 3. The van der Waals surface area contributed by atoms with E-state index < -0.39 is 0 Å². The first-order valence-electron chi connectivity index (χ1n) is 27.6. The maximum absolute atomic E-state index is 5.32. The Morgan fingerprint density at radius 1 is 0.289 bits per heavy atom. The van der Waals surface area contributed by atoms with Gasteiger partial charge < -0.3 is 4.98 Å². The van der Waals surface area contributed by atoms with Crippen LogP contribution in [0.5, 0.6) is 0 Å². The number of para-hydroxylation sites is 2. The molecule has 390 valence electrons. The fourth-order valence-electron chi connectivity index (χ4n) is 11.7. The summed E-state index contributed by atoms with van der Waals surface area (Å²) in [5, 5.41) is 13.8. The third kappa shape index (κ3) is 9.56. The number of rotatable bonds is 11. The molecule has 0 saturated carbocycles. The maximum Gasteiger partial charge on any atom is 3.00 e. The summed E-state index contributed by atoms with van der Waals surface area (Å²) >= 11 is 0. The average Bonchev–Trinajstić information content (AvgIpc) is 4.01. The van der Waals surface area contributed by atoms with Gasteiger partial charge in [-0.15, -0.1) is 58.7 Å². The molecule has 6 heteroatoms. The van der Waals surface area contributed by atoms with Gasteiger partial charge in [0.15, 0.2) is 0 Å². The van der Waals surface area contributed by atoms with E-state index in [2.05, 4.69) is 267 Å². The minimum Gasteiger partial charge on any atom is -0.303 e. The van der Waals surface area contributed by atoms with Crippen molar-refractivity contribution in [3.05, 3.63) is 310 Å². The predicted molar refractivity (Wildman–Crippen MR) is 336 cm³/mol. The van der Waals surface area contributed by atoms with E-state index in [4.69, 9.17) is 15.2 Å². The SMILES string of the molecule is [Ir+3].[c-]1ccc(-c2ccc(-c3ccccc3)cc2)cc1-c1ncc(-c2ccccc2-c2cc(-c3ccccc3-c3c[c-]c(-n4ncc5ccccc54)cc3)cc(-c3ccccc3-c3c[c-]c(-n4ncc5ccccc54)cc3)c2)c2ccccc12. The first-order valence-corrected chi connectivity index (χ1v) is 27.6. The Kier molecular flexibility index (Phi) is 13.4. The molecular weight excluding hydrogens is 1190 g/mol. The van der Waals surface area contributed by atoms with Crippen LogP contribution in [-0.4, -0.2) is 24.5 Å². The summed E-state index contributed by atoms with van der Waals surface area (Å²) in [6, 6.07) is 108. The smallest absolute Gasteiger partial charge is 0.303 e. The first-order chi connectivity index (χ1) is 40.6. The third-order valence-corrected chi connectivity index (χ3v) is 15.7. The molecule has 0 aliphatic rings. The molecular formula is C77H48IrN5. The minimum atomic E-state index is 0. The number of benzene rings is 12. The molecule has 0 atom stereocenters. The van der Waals surface area contributed by atoms with E-state index in [9.17, 15) is 0 Å². The molecule has 0 amide bonds. The van der Waals surface area contributed by atoms with Gasteiger partial charge in [0.1, 0.15) is 0 Å². The van der Waals surface area contributed by atoms with Crippen molar-refractivity contribution in [2.45, 2.75) is 0 Å². The zero-order valence-corrected chi connectivity index (χ0v) is 47.2. The van der Waals surface area contributed by atoms with Gasteiger partial charge >= 0.3 is 20.1 Å². The van der Waals surface area contributed by atoms with Gasteiger partial charge in [-0.1, -0.05) is 199 Å². The number of pyridine rings is 1. The van der Waals surface area contributed by atoms with Crippen LogP contribution in [0.1, 0.15) is 0 Å². The molecule has 3 aromatic heterocycles. The van der Waals surface area contributed by atoms with Gasteiger partial charge in [-0.25, -0.2) is 0 Å². The topological polar surface area (TPSA) is 48.5 Å². The Morgan fingerprint density at radius 2 is 0.711 bits per heavy atom. The van der Waals surface area contributed by atoms with Gasteiger partial charge in [-0.3, -0.25) is 9.36 Å². The van der Waals surface area contributed by atoms with Crippen molar-refractivity contribution in [3.8, 4) is 112 Å². The molecule has 12 aromatic carbocycles. The van der Waals surface area contributed by atoms with E-state index in [0.717, 1.165) is 133 Å². The van der Waals surface area contributed by atoms with E-state index in [1.54, 1.807) is 0 Å². The van der Waals surface area contributed by atoms with Gasteiger partial charge in [0.2, 0.25) is 0 Å². The van der Waals surface area contributed by atoms with E-state index in [-0.39, 0.29) is 20.1 Å². The molecule has 0 bridgehead atoms. The molecule has 3 heterocycles. The molecule has 83 heavy (non-hydrogen) atoms. The normalized spacial score (nSPS) is 11.3. The largest absolute Gasteiger partial charge is 3.00 e. The van der Waals surface area contributed by atoms with E-state index in [1.165, 1.54) is 11.1 Å². The Labute approximate surface area is 495 Å². The quantitative estimate of drug-likeness (QED) is 0.121. The van der Waals surface area contributed by atoms with Crippen LogP contribution >= 0.6 is 0 Å². The summed E-state index contributed by atoms with van der Waals surface area (Å²) in [6.07, 6.45) is 5.87. The molecule has 0 saturated heterocycles. The van der Waals surface area contributed by atoms with Crippen molar-refractivity contribution in [2.24, 2.45) is 0 Å². The summed E-state index contributed by atoms with van der Waals surface area (Å²) in [6.45, 7) is 0. The molecule has 15 aromatic rings. The molecule has 0 unspecified atom stereocenters. The zero-order chi connectivity index (χ0) is 54.3.